The fraction of sp³-hybridized carbons (Fsp3) is 0.188. The van der Waals surface area contributed by atoms with E-state index in [0.717, 1.165) is 12.7 Å². The fourth-order valence-corrected chi connectivity index (χ4v) is 1.77. The van der Waals surface area contributed by atoms with Gasteiger partial charge in [0.15, 0.2) is 0 Å². The van der Waals surface area contributed by atoms with Gasteiger partial charge in [-0.25, -0.2) is 0 Å². The van der Waals surface area contributed by atoms with Gasteiger partial charge in [-0.1, -0.05) is 11.8 Å². The Morgan fingerprint density at radius 2 is 1.36 bits per heavy atom. The Morgan fingerprint density at radius 1 is 0.864 bits per heavy atom. The van der Waals surface area contributed by atoms with Crippen LogP contribution >= 0.6 is 0 Å². The third kappa shape index (κ3) is 2.89. The molecule has 0 unspecified atom stereocenters. The van der Waals surface area contributed by atoms with Crippen molar-refractivity contribution >= 4 is 5.69 Å². The van der Waals surface area contributed by atoms with Crippen molar-refractivity contribution < 1.29 is 22.1 Å². The Labute approximate surface area is 125 Å². The average Bonchev–Trinajstić information content (AvgIpc) is 2.51. The van der Waals surface area contributed by atoms with Crippen LogP contribution in [-0.2, 0) is 7.05 Å². The lowest BCUT2D eigenvalue weighted by Crippen LogP contribution is -2.40. The molecular weight excluding hydrogens is 296 g/mol. The molecular formula is C16H13F4N2+. The zero-order chi connectivity index (χ0) is 16.4. The van der Waals surface area contributed by atoms with E-state index in [2.05, 4.69) is 11.8 Å². The maximum absolute atomic E-state index is 13.7. The average molecular weight is 309 g/mol. The van der Waals surface area contributed by atoms with E-state index in [1.165, 1.54) is 0 Å². The van der Waals surface area contributed by atoms with Gasteiger partial charge in [0.1, 0.15) is 12.6 Å². The molecule has 0 N–H and O–H groups in total. The summed E-state index contributed by atoms with van der Waals surface area (Å²) in [6, 6.07) is 6.83. The van der Waals surface area contributed by atoms with Gasteiger partial charge >= 0.3 is 11.9 Å². The van der Waals surface area contributed by atoms with Crippen molar-refractivity contribution in [2.45, 2.75) is 0 Å². The first-order valence-electron chi connectivity index (χ1n) is 6.34. The lowest BCUT2D eigenvalue weighted by Gasteiger charge is -2.11. The van der Waals surface area contributed by atoms with Gasteiger partial charge in [-0.3, -0.25) is 0 Å². The van der Waals surface area contributed by atoms with Gasteiger partial charge in [-0.05, 0) is 24.3 Å². The van der Waals surface area contributed by atoms with Crippen molar-refractivity contribution in [2.24, 2.45) is 7.05 Å². The SMILES string of the molecule is CN(C)c1ccc(C#Cc2c(F)c(F)[n+](C)c(F)c2F)cc1. The molecule has 114 valence electrons. The molecule has 0 saturated heterocycles. The smallest absolute Gasteiger partial charge is 0.378 e. The highest BCUT2D eigenvalue weighted by atomic mass is 19.2. The highest BCUT2D eigenvalue weighted by Gasteiger charge is 2.29. The molecule has 0 amide bonds. The summed E-state index contributed by atoms with van der Waals surface area (Å²) in [5.41, 5.74) is 0.468. The molecule has 0 aliphatic heterocycles. The number of rotatable bonds is 1. The molecule has 0 aliphatic rings. The highest BCUT2D eigenvalue weighted by Crippen LogP contribution is 2.15. The summed E-state index contributed by atoms with van der Waals surface area (Å²) in [5.74, 6) is -1.41. The molecule has 0 aliphatic carbocycles. The van der Waals surface area contributed by atoms with Crippen LogP contribution in [0.2, 0.25) is 0 Å². The molecule has 0 spiro atoms. The number of nitrogens with zero attached hydrogens (tertiary/aromatic N) is 2. The van der Waals surface area contributed by atoms with Crippen LogP contribution in [0.1, 0.15) is 11.1 Å². The first-order valence-corrected chi connectivity index (χ1v) is 6.34. The van der Waals surface area contributed by atoms with Gasteiger partial charge < -0.3 is 4.90 Å². The Bertz CT molecular complexity index is 742. The summed E-state index contributed by atoms with van der Waals surface area (Å²) in [6.07, 6.45) is 0. The number of hydrogen-bond acceptors (Lipinski definition) is 1. The van der Waals surface area contributed by atoms with Crippen molar-refractivity contribution in [1.29, 1.82) is 0 Å². The standard InChI is InChI=1S/C16H13F4N2/c1-21(2)11-7-4-10(5-8-11)6-9-12-13(17)15(19)22(3)16(20)14(12)18/h4-5,7-8H,1-3H3/q+1. The molecule has 0 radical (unpaired) electrons. The predicted octanol–water partition coefficient (Wildman–Crippen LogP) is 2.53. The molecule has 22 heavy (non-hydrogen) atoms. The minimum absolute atomic E-state index is 0.154. The Morgan fingerprint density at radius 3 is 1.82 bits per heavy atom. The van der Waals surface area contributed by atoms with Crippen LogP contribution in [0.5, 0.6) is 0 Å². The monoisotopic (exact) mass is 309 g/mol. The molecule has 1 aromatic heterocycles. The van der Waals surface area contributed by atoms with Crippen LogP contribution in [0.15, 0.2) is 24.3 Å². The summed E-state index contributed by atoms with van der Waals surface area (Å²) in [7, 11) is 4.61. The number of aromatic nitrogens is 1. The van der Waals surface area contributed by atoms with Crippen molar-refractivity contribution in [3.05, 3.63) is 58.9 Å². The summed E-state index contributed by atoms with van der Waals surface area (Å²) in [6.45, 7) is 0. The van der Waals surface area contributed by atoms with E-state index >= 15 is 0 Å². The second kappa shape index (κ2) is 6.06. The van der Waals surface area contributed by atoms with E-state index in [1.54, 1.807) is 24.3 Å². The second-order valence-corrected chi connectivity index (χ2v) is 4.83. The number of halogens is 4. The Hall–Kier alpha value is -2.55. The largest absolute Gasteiger partial charge is 0.399 e. The van der Waals surface area contributed by atoms with Gasteiger partial charge in [0.05, 0.1) is 0 Å². The second-order valence-electron chi connectivity index (χ2n) is 4.83. The fourth-order valence-electron chi connectivity index (χ4n) is 1.77. The van der Waals surface area contributed by atoms with E-state index in [1.807, 2.05) is 19.0 Å². The van der Waals surface area contributed by atoms with Crippen LogP contribution in [0.3, 0.4) is 0 Å². The first-order chi connectivity index (χ1) is 10.3. The Balaban J connectivity index is 2.44. The summed E-state index contributed by atoms with van der Waals surface area (Å²) < 4.78 is 54.3. The van der Waals surface area contributed by atoms with E-state index in [9.17, 15) is 17.6 Å². The molecule has 6 heteroatoms. The first kappa shape index (κ1) is 15.8. The maximum atomic E-state index is 13.7. The van der Waals surface area contributed by atoms with E-state index < -0.39 is 29.1 Å². The molecule has 2 aromatic rings. The van der Waals surface area contributed by atoms with Crippen LogP contribution < -0.4 is 9.47 Å². The molecule has 0 fully saturated rings. The van der Waals surface area contributed by atoms with E-state index in [0.29, 0.717) is 5.56 Å². The zero-order valence-electron chi connectivity index (χ0n) is 12.2. The summed E-state index contributed by atoms with van der Waals surface area (Å²) in [5, 5.41) is 0. The minimum atomic E-state index is -1.51. The lowest BCUT2D eigenvalue weighted by molar-refractivity contribution is -0.730. The van der Waals surface area contributed by atoms with Crippen molar-refractivity contribution in [3.8, 4) is 11.8 Å². The van der Waals surface area contributed by atoms with Crippen molar-refractivity contribution in [3.63, 3.8) is 0 Å². The van der Waals surface area contributed by atoms with Crippen LogP contribution in [-0.4, -0.2) is 14.1 Å². The topological polar surface area (TPSA) is 7.12 Å². The molecule has 1 heterocycles. The highest BCUT2D eigenvalue weighted by molar-refractivity contribution is 5.51. The predicted molar refractivity (Wildman–Crippen MR) is 74.2 cm³/mol. The van der Waals surface area contributed by atoms with Gasteiger partial charge in [-0.15, -0.1) is 13.3 Å². The quantitative estimate of drug-likeness (QED) is 0.340. The van der Waals surface area contributed by atoms with Crippen molar-refractivity contribution in [2.75, 3.05) is 19.0 Å². The third-order valence-corrected chi connectivity index (χ3v) is 3.11. The van der Waals surface area contributed by atoms with Gasteiger partial charge in [0.2, 0.25) is 11.6 Å². The molecule has 0 saturated carbocycles. The Kier molecular flexibility index (Phi) is 4.36. The van der Waals surface area contributed by atoms with Gasteiger partial charge in [0, 0.05) is 25.3 Å². The summed E-state index contributed by atoms with van der Waals surface area (Å²) in [4.78, 5) is 1.87. The minimum Gasteiger partial charge on any atom is -0.378 e. The number of pyridine rings is 1. The van der Waals surface area contributed by atoms with E-state index in [4.69, 9.17) is 0 Å². The van der Waals surface area contributed by atoms with Crippen LogP contribution in [0.4, 0.5) is 23.2 Å². The number of anilines is 1. The molecule has 2 rings (SSSR count). The molecule has 0 atom stereocenters. The molecule has 0 bridgehead atoms. The van der Waals surface area contributed by atoms with Crippen LogP contribution in [0, 0.1) is 35.4 Å². The maximum Gasteiger partial charge on any atom is 0.399 e. The molecule has 1 aromatic carbocycles. The zero-order valence-corrected chi connectivity index (χ0v) is 12.2. The lowest BCUT2D eigenvalue weighted by atomic mass is 10.1. The van der Waals surface area contributed by atoms with Crippen molar-refractivity contribution in [1.82, 2.24) is 0 Å². The number of benzene rings is 1. The number of hydrogen-bond donors (Lipinski definition) is 0. The summed E-state index contributed by atoms with van der Waals surface area (Å²) >= 11 is 0. The third-order valence-electron chi connectivity index (χ3n) is 3.11. The van der Waals surface area contributed by atoms with Crippen LogP contribution in [0.25, 0.3) is 0 Å². The van der Waals surface area contributed by atoms with Gasteiger partial charge in [0.25, 0.3) is 0 Å². The van der Waals surface area contributed by atoms with Gasteiger partial charge in [-0.2, -0.15) is 8.78 Å². The normalized spacial score (nSPS) is 10.1. The van der Waals surface area contributed by atoms with E-state index in [-0.39, 0.29) is 4.57 Å². The molecule has 2 nitrogen and oxygen atoms in total.